The number of rotatable bonds is 20. The Kier molecular flexibility index (Phi) is 17.1. The van der Waals surface area contributed by atoms with Crippen molar-refractivity contribution in [1.82, 2.24) is 16.0 Å². The van der Waals surface area contributed by atoms with E-state index in [0.717, 1.165) is 5.56 Å². The molecule has 4 amide bonds. The summed E-state index contributed by atoms with van der Waals surface area (Å²) < 4.78 is 5.26. The number of aliphatic imine (C=N–C) groups is 2. The first-order chi connectivity index (χ1) is 20.0. The molecule has 0 aromatic heterocycles. The molecule has 1 aromatic rings. The second-order valence-electron chi connectivity index (χ2n) is 9.47. The second kappa shape index (κ2) is 20.3. The number of nitrogens with zero attached hydrogens (tertiary/aromatic N) is 2. The normalized spacial score (nSPS) is 12.6. The SMILES string of the molecule is NCCCC[C@H](NC(=O)OCc1ccccc1)C(=O)N[C@@H](CCCN=C(N)N)C(=O)N[C@@H](CCCN=C(N)N)C(N)=O. The molecular formula is C26H45N11O5. The number of carbonyl (C=O) groups is 4. The zero-order valence-corrected chi connectivity index (χ0v) is 23.8. The number of amides is 4. The van der Waals surface area contributed by atoms with Crippen LogP contribution in [-0.2, 0) is 25.7 Å². The number of ether oxygens (including phenoxy) is 1. The first-order valence-corrected chi connectivity index (χ1v) is 13.7. The van der Waals surface area contributed by atoms with Gasteiger partial charge in [-0.15, -0.1) is 0 Å². The van der Waals surface area contributed by atoms with Crippen LogP contribution in [0.2, 0.25) is 0 Å². The van der Waals surface area contributed by atoms with E-state index in [2.05, 4.69) is 25.9 Å². The lowest BCUT2D eigenvalue weighted by Gasteiger charge is -2.24. The second-order valence-corrected chi connectivity index (χ2v) is 9.47. The highest BCUT2D eigenvalue weighted by atomic mass is 16.5. The number of nitrogens with two attached hydrogens (primary N) is 6. The Morgan fingerprint density at radius 3 is 1.71 bits per heavy atom. The molecule has 0 aliphatic carbocycles. The number of nitrogens with one attached hydrogen (secondary N) is 3. The van der Waals surface area contributed by atoms with Crippen LogP contribution >= 0.6 is 0 Å². The van der Waals surface area contributed by atoms with Crippen molar-refractivity contribution in [3.05, 3.63) is 35.9 Å². The van der Waals surface area contributed by atoms with Gasteiger partial charge in [-0.25, -0.2) is 4.79 Å². The molecule has 42 heavy (non-hydrogen) atoms. The number of guanidine groups is 2. The van der Waals surface area contributed by atoms with Crippen LogP contribution < -0.4 is 50.4 Å². The van der Waals surface area contributed by atoms with E-state index in [0.29, 0.717) is 32.2 Å². The molecule has 0 heterocycles. The Hall–Kier alpha value is -4.60. The molecule has 0 aliphatic rings. The van der Waals surface area contributed by atoms with E-state index in [1.807, 2.05) is 18.2 Å². The monoisotopic (exact) mass is 591 g/mol. The lowest BCUT2D eigenvalue weighted by molar-refractivity contribution is -0.132. The Morgan fingerprint density at radius 2 is 1.19 bits per heavy atom. The predicted octanol–water partition coefficient (Wildman–Crippen LogP) is -2.03. The van der Waals surface area contributed by atoms with Crippen LogP contribution in [0.15, 0.2) is 40.3 Å². The van der Waals surface area contributed by atoms with E-state index in [1.165, 1.54) is 0 Å². The van der Waals surface area contributed by atoms with Crippen LogP contribution in [0.1, 0.15) is 50.5 Å². The number of primary amides is 1. The molecule has 1 rings (SSSR count). The molecule has 0 spiro atoms. The summed E-state index contributed by atoms with van der Waals surface area (Å²) in [6, 6.07) is 5.91. The summed E-state index contributed by atoms with van der Waals surface area (Å²) in [5.74, 6) is -2.24. The molecule has 16 heteroatoms. The zero-order valence-electron chi connectivity index (χ0n) is 23.8. The van der Waals surface area contributed by atoms with Crippen molar-refractivity contribution in [1.29, 1.82) is 0 Å². The van der Waals surface area contributed by atoms with Crippen LogP contribution in [0.3, 0.4) is 0 Å². The standard InChI is InChI=1S/C26H45N11O5/c27-13-5-4-10-20(37-26(41)42-16-17-8-2-1-3-9-17)23(40)36-19(12-7-15-34-25(31)32)22(39)35-18(21(28)38)11-6-14-33-24(29)30/h1-3,8-9,18-20H,4-7,10-16,27H2,(H2,28,38)(H,35,39)(H,36,40)(H,37,41)(H4,29,30,33)(H4,31,32,34)/t18-,19-,20-/m0/s1. The maximum atomic E-state index is 13.3. The van der Waals surface area contributed by atoms with Gasteiger partial charge in [-0.3, -0.25) is 24.4 Å². The molecule has 234 valence electrons. The molecule has 0 saturated heterocycles. The summed E-state index contributed by atoms with van der Waals surface area (Å²) in [6.45, 7) is 0.846. The number of carbonyl (C=O) groups excluding carboxylic acids is 4. The van der Waals surface area contributed by atoms with Crippen molar-refractivity contribution in [2.24, 2.45) is 44.4 Å². The molecule has 0 aliphatic heterocycles. The molecule has 16 nitrogen and oxygen atoms in total. The van der Waals surface area contributed by atoms with Gasteiger partial charge >= 0.3 is 6.09 Å². The smallest absolute Gasteiger partial charge is 0.408 e. The maximum Gasteiger partial charge on any atom is 0.408 e. The van der Waals surface area contributed by atoms with Gasteiger partial charge in [-0.2, -0.15) is 0 Å². The van der Waals surface area contributed by atoms with E-state index in [9.17, 15) is 19.2 Å². The molecule has 0 unspecified atom stereocenters. The minimum atomic E-state index is -1.09. The van der Waals surface area contributed by atoms with Gasteiger partial charge in [0.25, 0.3) is 0 Å². The average Bonchev–Trinajstić information content (AvgIpc) is 2.94. The molecule has 3 atom stereocenters. The van der Waals surface area contributed by atoms with Gasteiger partial charge in [0.15, 0.2) is 11.9 Å². The summed E-state index contributed by atoms with van der Waals surface area (Å²) in [5, 5.41) is 7.81. The van der Waals surface area contributed by atoms with Gasteiger partial charge in [-0.05, 0) is 57.1 Å². The number of unbranched alkanes of at least 4 members (excludes halogenated alkanes) is 1. The highest BCUT2D eigenvalue weighted by molar-refractivity contribution is 5.93. The van der Waals surface area contributed by atoms with E-state index in [-0.39, 0.29) is 50.9 Å². The van der Waals surface area contributed by atoms with Gasteiger partial charge in [0, 0.05) is 13.1 Å². The third-order valence-electron chi connectivity index (χ3n) is 5.95. The van der Waals surface area contributed by atoms with Crippen LogP contribution in [0, 0.1) is 0 Å². The first kappa shape index (κ1) is 35.4. The fourth-order valence-electron chi connectivity index (χ4n) is 3.77. The Balaban J connectivity index is 2.96. The molecule has 0 bridgehead atoms. The number of hydrogen-bond acceptors (Lipinski definition) is 8. The van der Waals surface area contributed by atoms with Crippen LogP contribution in [0.4, 0.5) is 4.79 Å². The van der Waals surface area contributed by atoms with Gasteiger partial charge in [0.05, 0.1) is 0 Å². The molecule has 0 fully saturated rings. The van der Waals surface area contributed by atoms with Crippen LogP contribution in [-0.4, -0.2) is 73.5 Å². The fourth-order valence-corrected chi connectivity index (χ4v) is 3.77. The van der Waals surface area contributed by atoms with Gasteiger partial charge in [0.2, 0.25) is 17.7 Å². The Labute approximate surface area is 245 Å². The highest BCUT2D eigenvalue weighted by Gasteiger charge is 2.29. The molecular weight excluding hydrogens is 546 g/mol. The minimum absolute atomic E-state index is 0.0112. The van der Waals surface area contributed by atoms with Crippen LogP contribution in [0.5, 0.6) is 0 Å². The van der Waals surface area contributed by atoms with Crippen molar-refractivity contribution in [3.63, 3.8) is 0 Å². The molecule has 0 radical (unpaired) electrons. The van der Waals surface area contributed by atoms with Crippen molar-refractivity contribution < 1.29 is 23.9 Å². The summed E-state index contributed by atoms with van der Waals surface area (Å²) in [4.78, 5) is 58.8. The van der Waals surface area contributed by atoms with Gasteiger partial charge < -0.3 is 55.1 Å². The molecule has 1 aromatic carbocycles. The lowest BCUT2D eigenvalue weighted by Crippen LogP contribution is -2.56. The summed E-state index contributed by atoms with van der Waals surface area (Å²) in [5.41, 5.74) is 33.2. The number of hydrogen-bond donors (Lipinski definition) is 9. The van der Waals surface area contributed by atoms with Crippen LogP contribution in [0.25, 0.3) is 0 Å². The molecule has 0 saturated carbocycles. The lowest BCUT2D eigenvalue weighted by atomic mass is 10.1. The third kappa shape index (κ3) is 15.9. The van der Waals surface area contributed by atoms with Gasteiger partial charge in [0.1, 0.15) is 24.7 Å². The maximum absolute atomic E-state index is 13.3. The average molecular weight is 592 g/mol. The number of benzene rings is 1. The Morgan fingerprint density at radius 1 is 0.690 bits per heavy atom. The van der Waals surface area contributed by atoms with Gasteiger partial charge in [-0.1, -0.05) is 30.3 Å². The summed E-state index contributed by atoms with van der Waals surface area (Å²) in [6.07, 6.45) is 1.60. The highest BCUT2D eigenvalue weighted by Crippen LogP contribution is 2.07. The van der Waals surface area contributed by atoms with Crippen molar-refractivity contribution in [2.75, 3.05) is 19.6 Å². The topological polar surface area (TPSA) is 294 Å². The fraction of sp³-hybridized carbons (Fsp3) is 0.538. The summed E-state index contributed by atoms with van der Waals surface area (Å²) >= 11 is 0. The summed E-state index contributed by atoms with van der Waals surface area (Å²) in [7, 11) is 0. The molecule has 15 N–H and O–H groups in total. The predicted molar refractivity (Wildman–Crippen MR) is 159 cm³/mol. The van der Waals surface area contributed by atoms with E-state index >= 15 is 0 Å². The Bertz CT molecular complexity index is 1040. The van der Waals surface area contributed by atoms with E-state index in [4.69, 9.17) is 39.1 Å². The van der Waals surface area contributed by atoms with Crippen molar-refractivity contribution in [3.8, 4) is 0 Å². The largest absolute Gasteiger partial charge is 0.445 e. The zero-order chi connectivity index (χ0) is 31.3. The van der Waals surface area contributed by atoms with E-state index < -0.39 is 41.9 Å². The third-order valence-corrected chi connectivity index (χ3v) is 5.95. The quantitative estimate of drug-likeness (QED) is 0.0455. The van der Waals surface area contributed by atoms with E-state index in [1.54, 1.807) is 12.1 Å². The van der Waals surface area contributed by atoms with Crippen molar-refractivity contribution >= 4 is 35.7 Å². The number of alkyl carbamates (subject to hydrolysis) is 1. The minimum Gasteiger partial charge on any atom is -0.445 e. The first-order valence-electron chi connectivity index (χ1n) is 13.7. The van der Waals surface area contributed by atoms with Crippen molar-refractivity contribution in [2.45, 2.75) is 69.7 Å².